The lowest BCUT2D eigenvalue weighted by Gasteiger charge is -2.18. The third kappa shape index (κ3) is 4.85. The second-order valence-electron chi connectivity index (χ2n) is 4.86. The number of likely N-dealkylation sites (N-methyl/N-ethyl adjacent to an activating group) is 1. The van der Waals surface area contributed by atoms with Gasteiger partial charge in [-0.3, -0.25) is 4.79 Å². The van der Waals surface area contributed by atoms with Gasteiger partial charge in [-0.05, 0) is 44.6 Å². The molecular weight excluding hydrogens is 250 g/mol. The van der Waals surface area contributed by atoms with E-state index in [1.807, 2.05) is 32.0 Å². The standard InChI is InChI=1S/C16H27N3O/c1-5-17-15-12-13(4)8-9-14(15)16(20)18-10-11-19(6-2)7-3/h8-9,12,17H,5-7,10-11H2,1-4H3,(H,18,20). The van der Waals surface area contributed by atoms with Crippen LogP contribution in [0.2, 0.25) is 0 Å². The number of carbonyl (C=O) groups is 1. The summed E-state index contributed by atoms with van der Waals surface area (Å²) in [5.41, 5.74) is 2.78. The number of amides is 1. The summed E-state index contributed by atoms with van der Waals surface area (Å²) >= 11 is 0. The molecule has 0 spiro atoms. The van der Waals surface area contributed by atoms with E-state index in [0.717, 1.165) is 43.0 Å². The minimum Gasteiger partial charge on any atom is -0.385 e. The van der Waals surface area contributed by atoms with Gasteiger partial charge in [0.15, 0.2) is 0 Å². The molecule has 1 rings (SSSR count). The van der Waals surface area contributed by atoms with E-state index in [4.69, 9.17) is 0 Å². The fourth-order valence-corrected chi connectivity index (χ4v) is 2.16. The van der Waals surface area contributed by atoms with E-state index in [9.17, 15) is 4.79 Å². The van der Waals surface area contributed by atoms with Gasteiger partial charge in [-0.1, -0.05) is 19.9 Å². The van der Waals surface area contributed by atoms with Crippen LogP contribution in [0.5, 0.6) is 0 Å². The lowest BCUT2D eigenvalue weighted by molar-refractivity contribution is 0.0949. The van der Waals surface area contributed by atoms with Gasteiger partial charge in [-0.15, -0.1) is 0 Å². The minimum absolute atomic E-state index is 0.00638. The molecule has 1 amide bonds. The third-order valence-electron chi connectivity index (χ3n) is 3.39. The first-order chi connectivity index (χ1) is 9.62. The number of anilines is 1. The van der Waals surface area contributed by atoms with Gasteiger partial charge in [0.2, 0.25) is 0 Å². The first-order valence-corrected chi connectivity index (χ1v) is 7.47. The van der Waals surface area contributed by atoms with E-state index in [1.54, 1.807) is 0 Å². The summed E-state index contributed by atoms with van der Waals surface area (Å²) in [6.07, 6.45) is 0. The smallest absolute Gasteiger partial charge is 0.253 e. The van der Waals surface area contributed by atoms with Crippen LogP contribution in [-0.2, 0) is 0 Å². The Kier molecular flexibility index (Phi) is 7.09. The molecule has 4 nitrogen and oxygen atoms in total. The topological polar surface area (TPSA) is 44.4 Å². The first kappa shape index (κ1) is 16.5. The molecule has 4 heteroatoms. The van der Waals surface area contributed by atoms with Gasteiger partial charge in [0.1, 0.15) is 0 Å². The van der Waals surface area contributed by atoms with Crippen LogP contribution < -0.4 is 10.6 Å². The van der Waals surface area contributed by atoms with Crippen molar-refractivity contribution >= 4 is 11.6 Å². The fourth-order valence-electron chi connectivity index (χ4n) is 2.16. The summed E-state index contributed by atoms with van der Waals surface area (Å²) in [4.78, 5) is 14.5. The maximum atomic E-state index is 12.2. The number of carbonyl (C=O) groups excluding carboxylic acids is 1. The number of nitrogens with one attached hydrogen (secondary N) is 2. The fraction of sp³-hybridized carbons (Fsp3) is 0.562. The Morgan fingerprint density at radius 3 is 2.50 bits per heavy atom. The highest BCUT2D eigenvalue weighted by Gasteiger charge is 2.11. The lowest BCUT2D eigenvalue weighted by atomic mass is 10.1. The van der Waals surface area contributed by atoms with Gasteiger partial charge in [-0.25, -0.2) is 0 Å². The van der Waals surface area contributed by atoms with Gasteiger partial charge < -0.3 is 15.5 Å². The molecule has 0 heterocycles. The second-order valence-corrected chi connectivity index (χ2v) is 4.86. The van der Waals surface area contributed by atoms with E-state index in [1.165, 1.54) is 0 Å². The van der Waals surface area contributed by atoms with Crippen LogP contribution in [0.4, 0.5) is 5.69 Å². The normalized spacial score (nSPS) is 10.7. The van der Waals surface area contributed by atoms with Crippen molar-refractivity contribution in [2.75, 3.05) is 38.0 Å². The largest absolute Gasteiger partial charge is 0.385 e. The molecular formula is C16H27N3O. The summed E-state index contributed by atoms with van der Waals surface area (Å²) in [7, 11) is 0. The molecule has 0 saturated heterocycles. The van der Waals surface area contributed by atoms with E-state index < -0.39 is 0 Å². The highest BCUT2D eigenvalue weighted by atomic mass is 16.1. The van der Waals surface area contributed by atoms with E-state index in [-0.39, 0.29) is 5.91 Å². The van der Waals surface area contributed by atoms with Crippen molar-refractivity contribution in [1.82, 2.24) is 10.2 Å². The molecule has 0 aliphatic rings. The molecule has 0 fully saturated rings. The zero-order valence-electron chi connectivity index (χ0n) is 13.1. The van der Waals surface area contributed by atoms with Crippen molar-refractivity contribution in [3.8, 4) is 0 Å². The first-order valence-electron chi connectivity index (χ1n) is 7.47. The van der Waals surface area contributed by atoms with Gasteiger partial charge >= 0.3 is 0 Å². The van der Waals surface area contributed by atoms with Crippen LogP contribution in [0, 0.1) is 6.92 Å². The predicted molar refractivity (Wildman–Crippen MR) is 85.5 cm³/mol. The van der Waals surface area contributed by atoms with Crippen molar-refractivity contribution in [2.45, 2.75) is 27.7 Å². The Morgan fingerprint density at radius 1 is 1.20 bits per heavy atom. The molecule has 0 aromatic heterocycles. The Balaban J connectivity index is 2.63. The summed E-state index contributed by atoms with van der Waals surface area (Å²) in [6, 6.07) is 5.88. The Labute approximate surface area is 122 Å². The zero-order valence-corrected chi connectivity index (χ0v) is 13.1. The van der Waals surface area contributed by atoms with Gasteiger partial charge in [0.05, 0.1) is 5.56 Å². The van der Waals surface area contributed by atoms with Crippen molar-refractivity contribution in [2.24, 2.45) is 0 Å². The molecule has 0 unspecified atom stereocenters. The minimum atomic E-state index is -0.00638. The van der Waals surface area contributed by atoms with Crippen LogP contribution in [0.1, 0.15) is 36.7 Å². The molecule has 112 valence electrons. The number of benzene rings is 1. The Bertz CT molecular complexity index is 428. The van der Waals surface area contributed by atoms with Gasteiger partial charge in [-0.2, -0.15) is 0 Å². The summed E-state index contributed by atoms with van der Waals surface area (Å²) in [6.45, 7) is 12.7. The highest BCUT2D eigenvalue weighted by molar-refractivity contribution is 5.99. The maximum Gasteiger partial charge on any atom is 0.253 e. The molecule has 2 N–H and O–H groups in total. The van der Waals surface area contributed by atoms with Crippen LogP contribution in [-0.4, -0.2) is 43.5 Å². The maximum absolute atomic E-state index is 12.2. The molecule has 0 bridgehead atoms. The van der Waals surface area contributed by atoms with E-state index in [0.29, 0.717) is 6.54 Å². The van der Waals surface area contributed by atoms with Gasteiger partial charge in [0.25, 0.3) is 5.91 Å². The number of hydrogen-bond acceptors (Lipinski definition) is 3. The third-order valence-corrected chi connectivity index (χ3v) is 3.39. The molecule has 0 radical (unpaired) electrons. The highest BCUT2D eigenvalue weighted by Crippen LogP contribution is 2.17. The molecule has 1 aromatic carbocycles. The quantitative estimate of drug-likeness (QED) is 0.767. The summed E-state index contributed by atoms with van der Waals surface area (Å²) in [5, 5.41) is 6.24. The number of aryl methyl sites for hydroxylation is 1. The monoisotopic (exact) mass is 277 g/mol. The molecule has 20 heavy (non-hydrogen) atoms. The molecule has 0 aliphatic carbocycles. The summed E-state index contributed by atoms with van der Waals surface area (Å²) in [5.74, 6) is -0.00638. The van der Waals surface area contributed by atoms with Crippen LogP contribution >= 0.6 is 0 Å². The second kappa shape index (κ2) is 8.59. The molecule has 0 saturated carbocycles. The molecule has 0 aliphatic heterocycles. The summed E-state index contributed by atoms with van der Waals surface area (Å²) < 4.78 is 0. The van der Waals surface area contributed by atoms with Crippen molar-refractivity contribution < 1.29 is 4.79 Å². The Morgan fingerprint density at radius 2 is 1.90 bits per heavy atom. The SMILES string of the molecule is CCNc1cc(C)ccc1C(=O)NCCN(CC)CC. The van der Waals surface area contributed by atoms with Gasteiger partial charge in [0, 0.05) is 25.3 Å². The van der Waals surface area contributed by atoms with Crippen LogP contribution in [0.15, 0.2) is 18.2 Å². The zero-order chi connectivity index (χ0) is 15.0. The number of hydrogen-bond donors (Lipinski definition) is 2. The van der Waals surface area contributed by atoms with Crippen molar-refractivity contribution in [3.63, 3.8) is 0 Å². The van der Waals surface area contributed by atoms with Crippen molar-refractivity contribution in [1.29, 1.82) is 0 Å². The number of rotatable bonds is 8. The Hall–Kier alpha value is -1.55. The number of nitrogens with zero attached hydrogens (tertiary/aromatic N) is 1. The lowest BCUT2D eigenvalue weighted by Crippen LogP contribution is -2.35. The predicted octanol–water partition coefficient (Wildman–Crippen LogP) is 2.50. The van der Waals surface area contributed by atoms with Crippen LogP contribution in [0.3, 0.4) is 0 Å². The van der Waals surface area contributed by atoms with Crippen LogP contribution in [0.25, 0.3) is 0 Å². The van der Waals surface area contributed by atoms with E-state index in [2.05, 4.69) is 29.4 Å². The average molecular weight is 277 g/mol. The molecule has 0 atom stereocenters. The molecule has 1 aromatic rings. The average Bonchev–Trinajstić information content (AvgIpc) is 2.44. The van der Waals surface area contributed by atoms with Crippen molar-refractivity contribution in [3.05, 3.63) is 29.3 Å². The van der Waals surface area contributed by atoms with E-state index >= 15 is 0 Å².